The summed E-state index contributed by atoms with van der Waals surface area (Å²) in [6, 6.07) is 12.2. The van der Waals surface area contributed by atoms with Crippen molar-refractivity contribution in [1.82, 2.24) is 15.6 Å². The normalized spacial score (nSPS) is 11.9. The molecule has 1 unspecified atom stereocenters. The smallest absolute Gasteiger partial charge is 0.333 e. The molecule has 9 nitrogen and oxygen atoms in total. The summed E-state index contributed by atoms with van der Waals surface area (Å²) in [5.41, 5.74) is 4.04. The van der Waals surface area contributed by atoms with Gasteiger partial charge < -0.3 is 19.5 Å². The number of nitrogens with zero attached hydrogens (tertiary/aromatic N) is 2. The van der Waals surface area contributed by atoms with E-state index in [4.69, 9.17) is 26.0 Å². The minimum atomic E-state index is -1.75. The van der Waals surface area contributed by atoms with Gasteiger partial charge in [-0.1, -0.05) is 35.9 Å². The fourth-order valence-electron chi connectivity index (χ4n) is 2.83. The van der Waals surface area contributed by atoms with E-state index in [1.807, 2.05) is 0 Å². The maximum atomic E-state index is 14.1. The Labute approximate surface area is 186 Å². The lowest BCUT2D eigenvalue weighted by atomic mass is 10.0. The van der Waals surface area contributed by atoms with Crippen molar-refractivity contribution in [2.45, 2.75) is 12.6 Å². The number of hydrazine groups is 1. The van der Waals surface area contributed by atoms with Crippen LogP contribution in [-0.2, 0) is 11.3 Å². The third kappa shape index (κ3) is 5.82. The van der Waals surface area contributed by atoms with E-state index in [0.29, 0.717) is 21.7 Å². The van der Waals surface area contributed by atoms with Gasteiger partial charge in [0.2, 0.25) is 5.76 Å². The van der Waals surface area contributed by atoms with Crippen molar-refractivity contribution in [1.29, 1.82) is 0 Å². The van der Waals surface area contributed by atoms with Gasteiger partial charge in [0.05, 0.1) is 19.7 Å². The molecule has 0 aliphatic heterocycles. The molecule has 0 radical (unpaired) electrons. The van der Waals surface area contributed by atoms with Crippen LogP contribution in [0, 0.1) is 5.82 Å². The monoisotopic (exact) mass is 463 g/mol. The summed E-state index contributed by atoms with van der Waals surface area (Å²) in [5.74, 6) is -2.66. The molecular weight excluding hydrogens is 445 g/mol. The van der Waals surface area contributed by atoms with Gasteiger partial charge in [0.1, 0.15) is 5.82 Å². The van der Waals surface area contributed by atoms with E-state index >= 15 is 0 Å². The van der Waals surface area contributed by atoms with Crippen LogP contribution in [0.25, 0.3) is 11.1 Å². The summed E-state index contributed by atoms with van der Waals surface area (Å²) in [6.45, 7) is -0.364. The van der Waals surface area contributed by atoms with Crippen LogP contribution in [0.1, 0.15) is 16.1 Å². The van der Waals surface area contributed by atoms with Crippen LogP contribution in [0.4, 0.5) is 4.39 Å². The molecule has 0 saturated carbocycles. The van der Waals surface area contributed by atoms with Gasteiger partial charge >= 0.3 is 11.9 Å². The van der Waals surface area contributed by atoms with Crippen LogP contribution in [0.15, 0.2) is 53.1 Å². The molecule has 2 aromatic carbocycles. The van der Waals surface area contributed by atoms with E-state index < -0.39 is 30.3 Å². The van der Waals surface area contributed by atoms with Crippen molar-refractivity contribution < 1.29 is 33.5 Å². The van der Waals surface area contributed by atoms with Crippen molar-refractivity contribution in [2.75, 3.05) is 13.7 Å². The first-order chi connectivity index (χ1) is 15.3. The second-order valence-corrected chi connectivity index (χ2v) is 7.17. The van der Waals surface area contributed by atoms with Crippen molar-refractivity contribution in [2.24, 2.45) is 0 Å². The molecule has 1 heterocycles. The molecule has 3 N–H and O–H groups in total. The van der Waals surface area contributed by atoms with Crippen molar-refractivity contribution in [3.63, 3.8) is 0 Å². The van der Waals surface area contributed by atoms with Gasteiger partial charge in [0.25, 0.3) is 5.88 Å². The van der Waals surface area contributed by atoms with Crippen LogP contribution in [0.2, 0.25) is 5.02 Å². The number of aliphatic carboxylic acids is 1. The predicted octanol–water partition coefficient (Wildman–Crippen LogP) is 2.74. The number of amides is 1. The molecule has 0 saturated heterocycles. The average Bonchev–Trinajstić information content (AvgIpc) is 3.25. The summed E-state index contributed by atoms with van der Waals surface area (Å²) in [6.07, 6.45) is -1.75. The van der Waals surface area contributed by atoms with Crippen LogP contribution in [0.3, 0.4) is 0 Å². The molecule has 1 aromatic heterocycles. The lowest BCUT2D eigenvalue weighted by Crippen LogP contribution is -2.47. The Balaban J connectivity index is 1.77. The number of aliphatic hydroxyl groups is 1. The molecular formula is C21H19ClFN3O6. The summed E-state index contributed by atoms with van der Waals surface area (Å²) in [7, 11) is 1.36. The largest absolute Gasteiger partial charge is 0.479 e. The van der Waals surface area contributed by atoms with Crippen LogP contribution in [-0.4, -0.2) is 52.0 Å². The highest BCUT2D eigenvalue weighted by Crippen LogP contribution is 2.26. The first-order valence-electron chi connectivity index (χ1n) is 9.28. The number of benzene rings is 2. The van der Waals surface area contributed by atoms with Crippen molar-refractivity contribution in [3.8, 4) is 17.0 Å². The van der Waals surface area contributed by atoms with Gasteiger partial charge in [-0.05, 0) is 34.5 Å². The maximum Gasteiger partial charge on any atom is 0.333 e. The van der Waals surface area contributed by atoms with Crippen LogP contribution in [0.5, 0.6) is 5.88 Å². The second-order valence-electron chi connectivity index (χ2n) is 6.73. The molecule has 0 aliphatic rings. The predicted molar refractivity (Wildman–Crippen MR) is 111 cm³/mol. The number of rotatable bonds is 9. The summed E-state index contributed by atoms with van der Waals surface area (Å²) in [4.78, 5) is 23.5. The summed E-state index contributed by atoms with van der Waals surface area (Å²) >= 11 is 5.95. The molecule has 0 spiro atoms. The highest BCUT2D eigenvalue weighted by molar-refractivity contribution is 6.30. The molecule has 0 bridgehead atoms. The van der Waals surface area contributed by atoms with E-state index in [9.17, 15) is 19.1 Å². The SMILES string of the molecule is COc1cc(C(=O)NN(Cc2ccc(-c3cc(Cl)ccc3F)cc2)CC(O)C(=O)O)on1. The third-order valence-corrected chi connectivity index (χ3v) is 4.66. The van der Waals surface area contributed by atoms with Crippen molar-refractivity contribution >= 4 is 23.5 Å². The summed E-state index contributed by atoms with van der Waals surface area (Å²) in [5, 5.41) is 23.9. The Morgan fingerprint density at radius 2 is 1.97 bits per heavy atom. The number of carboxylic acids is 1. The number of aromatic nitrogens is 1. The van der Waals surface area contributed by atoms with Gasteiger partial charge in [-0.3, -0.25) is 10.2 Å². The fourth-order valence-corrected chi connectivity index (χ4v) is 3.00. The number of aliphatic hydroxyl groups excluding tert-OH is 1. The number of carboxylic acid groups (broad SMARTS) is 1. The molecule has 3 aromatic rings. The van der Waals surface area contributed by atoms with Gasteiger partial charge in [-0.25, -0.2) is 14.2 Å². The molecule has 1 amide bonds. The number of halogens is 2. The number of carbonyl (C=O) groups excluding carboxylic acids is 1. The van der Waals surface area contributed by atoms with Gasteiger partial charge in [-0.15, -0.1) is 0 Å². The molecule has 11 heteroatoms. The van der Waals surface area contributed by atoms with E-state index in [1.165, 1.54) is 36.4 Å². The molecule has 0 aliphatic carbocycles. The zero-order valence-corrected chi connectivity index (χ0v) is 17.5. The van der Waals surface area contributed by atoms with E-state index in [2.05, 4.69) is 10.6 Å². The molecule has 0 fully saturated rings. The zero-order valence-electron chi connectivity index (χ0n) is 16.8. The Morgan fingerprint density at radius 1 is 1.25 bits per heavy atom. The number of methoxy groups -OCH3 is 1. The number of hydrogen-bond donors (Lipinski definition) is 3. The van der Waals surface area contributed by atoms with Gasteiger partial charge in [0.15, 0.2) is 6.10 Å². The van der Waals surface area contributed by atoms with E-state index in [-0.39, 0.29) is 18.2 Å². The number of nitrogens with one attached hydrogen (secondary N) is 1. The fraction of sp³-hybridized carbons (Fsp3) is 0.190. The van der Waals surface area contributed by atoms with E-state index in [1.54, 1.807) is 24.3 Å². The Kier molecular flexibility index (Phi) is 7.41. The second kappa shape index (κ2) is 10.2. The minimum Gasteiger partial charge on any atom is -0.479 e. The van der Waals surface area contributed by atoms with E-state index in [0.717, 1.165) is 0 Å². The van der Waals surface area contributed by atoms with Crippen LogP contribution >= 0.6 is 11.6 Å². The highest BCUT2D eigenvalue weighted by atomic mass is 35.5. The first-order valence-corrected chi connectivity index (χ1v) is 9.66. The summed E-state index contributed by atoms with van der Waals surface area (Å²) < 4.78 is 23.8. The number of hydrogen-bond acceptors (Lipinski definition) is 7. The Hall–Kier alpha value is -3.47. The standard InChI is InChI=1S/C21H19ClFN3O6/c1-31-19-9-18(32-25-19)20(28)24-26(11-17(27)21(29)30)10-12-2-4-13(5-3-12)15-8-14(22)6-7-16(15)23/h2-9,17,27H,10-11H2,1H3,(H,24,28)(H,29,30). The van der Waals surface area contributed by atoms with Crippen LogP contribution < -0.4 is 10.2 Å². The number of carbonyl (C=O) groups is 2. The Morgan fingerprint density at radius 3 is 2.59 bits per heavy atom. The third-order valence-electron chi connectivity index (χ3n) is 4.43. The topological polar surface area (TPSA) is 125 Å². The number of ether oxygens (including phenoxy) is 1. The molecule has 1 atom stereocenters. The maximum absolute atomic E-state index is 14.1. The lowest BCUT2D eigenvalue weighted by molar-refractivity contribution is -0.148. The van der Waals surface area contributed by atoms with Gasteiger partial charge in [-0.2, -0.15) is 0 Å². The molecule has 168 valence electrons. The zero-order chi connectivity index (χ0) is 23.3. The highest BCUT2D eigenvalue weighted by Gasteiger charge is 2.22. The Bertz CT molecular complexity index is 1110. The quantitative estimate of drug-likeness (QED) is 0.414. The minimum absolute atomic E-state index is 0.0413. The molecule has 32 heavy (non-hydrogen) atoms. The average molecular weight is 464 g/mol. The molecule has 3 rings (SSSR count). The van der Waals surface area contributed by atoms with Gasteiger partial charge in [0, 0.05) is 17.1 Å². The van der Waals surface area contributed by atoms with Crippen molar-refractivity contribution in [3.05, 3.63) is 70.7 Å². The lowest BCUT2D eigenvalue weighted by Gasteiger charge is -2.24. The first kappa shape index (κ1) is 23.2.